The molecule has 8 nitrogen and oxygen atoms in total. The van der Waals surface area contributed by atoms with Gasteiger partial charge in [-0.25, -0.2) is 9.67 Å². The highest BCUT2D eigenvalue weighted by Gasteiger charge is 2.24. The van der Waals surface area contributed by atoms with E-state index >= 15 is 0 Å². The molecule has 0 atom stereocenters. The van der Waals surface area contributed by atoms with E-state index in [1.165, 1.54) is 7.11 Å². The lowest BCUT2D eigenvalue weighted by molar-refractivity contribution is -0.138. The van der Waals surface area contributed by atoms with Crippen molar-refractivity contribution in [2.24, 2.45) is 0 Å². The third kappa shape index (κ3) is 4.59. The van der Waals surface area contributed by atoms with E-state index in [2.05, 4.69) is 25.5 Å². The van der Waals surface area contributed by atoms with Crippen LogP contribution in [0.4, 0.5) is 5.69 Å². The third-order valence-electron chi connectivity index (χ3n) is 4.63. The van der Waals surface area contributed by atoms with Crippen LogP contribution in [-0.4, -0.2) is 46.3 Å². The Morgan fingerprint density at radius 2 is 2.08 bits per heavy atom. The number of anilines is 1. The molecule has 0 spiro atoms. The minimum Gasteiger partial charge on any atom is -0.468 e. The predicted octanol–water partition coefficient (Wildman–Crippen LogP) is 1.78. The first-order valence-corrected chi connectivity index (χ1v) is 8.71. The van der Waals surface area contributed by atoms with Crippen molar-refractivity contribution in [3.05, 3.63) is 42.5 Å². The van der Waals surface area contributed by atoms with Crippen molar-refractivity contribution in [3.63, 3.8) is 0 Å². The van der Waals surface area contributed by atoms with E-state index in [-0.39, 0.29) is 24.5 Å². The van der Waals surface area contributed by atoms with Gasteiger partial charge < -0.3 is 15.4 Å². The number of benzene rings is 1. The highest BCUT2D eigenvalue weighted by molar-refractivity contribution is 5.95. The van der Waals surface area contributed by atoms with Crippen molar-refractivity contribution in [1.29, 1.82) is 0 Å². The number of nitrogens with one attached hydrogen (secondary N) is 2. The first-order chi connectivity index (χ1) is 12.7. The number of carbonyl (C=O) groups is 2. The molecule has 2 aromatic rings. The second kappa shape index (κ2) is 8.46. The average Bonchev–Trinajstić information content (AvgIpc) is 3.21. The fourth-order valence-electron chi connectivity index (χ4n) is 3.18. The maximum Gasteiger partial charge on any atom is 0.325 e. The molecule has 0 unspecified atom stereocenters. The maximum atomic E-state index is 12.5. The molecule has 1 amide bonds. The van der Waals surface area contributed by atoms with Crippen molar-refractivity contribution in [3.8, 4) is 0 Å². The van der Waals surface area contributed by atoms with E-state index < -0.39 is 0 Å². The smallest absolute Gasteiger partial charge is 0.325 e. The summed E-state index contributed by atoms with van der Waals surface area (Å²) in [6, 6.07) is 7.61. The first-order valence-electron chi connectivity index (χ1n) is 8.71. The molecule has 0 aliphatic heterocycles. The number of ether oxygens (including phenoxy) is 1. The van der Waals surface area contributed by atoms with Crippen LogP contribution < -0.4 is 10.6 Å². The summed E-state index contributed by atoms with van der Waals surface area (Å²) in [5.41, 5.74) is 1.27. The Balaban J connectivity index is 1.51. The molecule has 0 radical (unpaired) electrons. The fraction of sp³-hybridized carbons (Fsp3) is 0.444. The average molecular weight is 357 g/mol. The zero-order valence-corrected chi connectivity index (χ0v) is 14.7. The monoisotopic (exact) mass is 357 g/mol. The van der Waals surface area contributed by atoms with Gasteiger partial charge in [-0.1, -0.05) is 6.07 Å². The van der Waals surface area contributed by atoms with Crippen LogP contribution in [0.5, 0.6) is 0 Å². The van der Waals surface area contributed by atoms with E-state index in [9.17, 15) is 9.59 Å². The molecule has 1 aliphatic carbocycles. The molecule has 26 heavy (non-hydrogen) atoms. The van der Waals surface area contributed by atoms with Crippen molar-refractivity contribution >= 4 is 17.6 Å². The lowest BCUT2D eigenvalue weighted by Gasteiger charge is -2.29. The van der Waals surface area contributed by atoms with Crippen LogP contribution in [0.25, 0.3) is 0 Å². The number of hydrogen-bond acceptors (Lipinski definition) is 6. The molecule has 1 aromatic heterocycles. The number of nitrogens with zero attached hydrogens (tertiary/aromatic N) is 3. The van der Waals surface area contributed by atoms with Gasteiger partial charge in [-0.3, -0.25) is 9.59 Å². The molecule has 1 saturated carbocycles. The predicted molar refractivity (Wildman–Crippen MR) is 95.7 cm³/mol. The van der Waals surface area contributed by atoms with E-state index in [1.807, 2.05) is 10.7 Å². The van der Waals surface area contributed by atoms with Crippen LogP contribution in [0.1, 0.15) is 42.1 Å². The first kappa shape index (κ1) is 17.9. The summed E-state index contributed by atoms with van der Waals surface area (Å²) in [6.07, 6.45) is 7.06. The molecule has 1 aliphatic rings. The minimum absolute atomic E-state index is 0.0634. The number of hydrogen-bond donors (Lipinski definition) is 2. The summed E-state index contributed by atoms with van der Waals surface area (Å²) >= 11 is 0. The number of aromatic nitrogens is 3. The molecule has 2 N–H and O–H groups in total. The number of rotatable bonds is 6. The van der Waals surface area contributed by atoms with Crippen molar-refractivity contribution in [2.75, 3.05) is 19.0 Å². The molecule has 1 aromatic carbocycles. The van der Waals surface area contributed by atoms with E-state index in [4.69, 9.17) is 0 Å². The fourth-order valence-corrected chi connectivity index (χ4v) is 3.18. The van der Waals surface area contributed by atoms with Crippen molar-refractivity contribution < 1.29 is 14.3 Å². The van der Waals surface area contributed by atoms with E-state index in [1.54, 1.807) is 30.9 Å². The summed E-state index contributed by atoms with van der Waals surface area (Å²) in [7, 11) is 1.34. The number of methoxy groups -OCH3 is 1. The maximum absolute atomic E-state index is 12.5. The Labute approximate surface area is 151 Å². The van der Waals surface area contributed by atoms with Gasteiger partial charge in [0.15, 0.2) is 0 Å². The second-order valence-electron chi connectivity index (χ2n) is 6.36. The van der Waals surface area contributed by atoms with Gasteiger partial charge in [-0.05, 0) is 43.9 Å². The van der Waals surface area contributed by atoms with Crippen LogP contribution in [0.3, 0.4) is 0 Å². The molecule has 8 heteroatoms. The summed E-state index contributed by atoms with van der Waals surface area (Å²) in [5.74, 6) is -0.458. The molecule has 3 rings (SSSR count). The highest BCUT2D eigenvalue weighted by Crippen LogP contribution is 2.27. The molecule has 0 saturated heterocycles. The molecular formula is C18H23N5O3. The van der Waals surface area contributed by atoms with Gasteiger partial charge in [0.1, 0.15) is 19.2 Å². The summed E-state index contributed by atoms with van der Waals surface area (Å²) in [5, 5.41) is 10.2. The van der Waals surface area contributed by atoms with Crippen molar-refractivity contribution in [1.82, 2.24) is 20.1 Å². The Bertz CT molecular complexity index is 739. The van der Waals surface area contributed by atoms with Crippen LogP contribution in [0, 0.1) is 0 Å². The van der Waals surface area contributed by atoms with Gasteiger partial charge in [0.25, 0.3) is 5.91 Å². The Kier molecular flexibility index (Phi) is 5.83. The summed E-state index contributed by atoms with van der Waals surface area (Å²) in [6.45, 7) is 0.0634. The Morgan fingerprint density at radius 1 is 1.27 bits per heavy atom. The number of esters is 1. The SMILES string of the molecule is COC(=O)CNc1cccc(C(=O)NC2CCC(n3cncn3)CC2)c1. The zero-order valence-electron chi connectivity index (χ0n) is 14.7. The third-order valence-corrected chi connectivity index (χ3v) is 4.63. The van der Waals surface area contributed by atoms with Gasteiger partial charge in [0.2, 0.25) is 0 Å². The molecule has 1 heterocycles. The van der Waals surface area contributed by atoms with Gasteiger partial charge in [0.05, 0.1) is 13.2 Å². The van der Waals surface area contributed by atoms with Crippen LogP contribution in [-0.2, 0) is 9.53 Å². The second-order valence-corrected chi connectivity index (χ2v) is 6.36. The number of amides is 1. The van der Waals surface area contributed by atoms with Crippen LogP contribution >= 0.6 is 0 Å². The van der Waals surface area contributed by atoms with E-state index in [0.29, 0.717) is 17.3 Å². The topological polar surface area (TPSA) is 98.1 Å². The summed E-state index contributed by atoms with van der Waals surface area (Å²) in [4.78, 5) is 27.7. The lowest BCUT2D eigenvalue weighted by atomic mass is 9.91. The van der Waals surface area contributed by atoms with Crippen LogP contribution in [0.15, 0.2) is 36.9 Å². The van der Waals surface area contributed by atoms with Gasteiger partial charge in [0, 0.05) is 17.3 Å². The minimum atomic E-state index is -0.357. The molecular weight excluding hydrogens is 334 g/mol. The molecule has 138 valence electrons. The summed E-state index contributed by atoms with van der Waals surface area (Å²) < 4.78 is 6.49. The van der Waals surface area contributed by atoms with Gasteiger partial charge in [-0.15, -0.1) is 0 Å². The van der Waals surface area contributed by atoms with Gasteiger partial charge in [-0.2, -0.15) is 5.10 Å². The highest BCUT2D eigenvalue weighted by atomic mass is 16.5. The molecule has 1 fully saturated rings. The largest absolute Gasteiger partial charge is 0.468 e. The Morgan fingerprint density at radius 3 is 2.77 bits per heavy atom. The normalized spacial score (nSPS) is 19.6. The molecule has 0 bridgehead atoms. The van der Waals surface area contributed by atoms with E-state index in [0.717, 1.165) is 25.7 Å². The van der Waals surface area contributed by atoms with Gasteiger partial charge >= 0.3 is 5.97 Å². The quantitative estimate of drug-likeness (QED) is 0.765. The Hall–Kier alpha value is -2.90. The standard InChI is InChI=1S/C18H23N5O3/c1-26-17(24)10-20-15-4-2-3-13(9-15)18(25)22-14-5-7-16(8-6-14)23-12-19-11-21-23/h2-4,9,11-12,14,16,20H,5-8,10H2,1H3,(H,22,25). The lowest BCUT2D eigenvalue weighted by Crippen LogP contribution is -2.38. The van der Waals surface area contributed by atoms with Crippen molar-refractivity contribution in [2.45, 2.75) is 37.8 Å². The number of carbonyl (C=O) groups excluding carboxylic acids is 2. The zero-order chi connectivity index (χ0) is 18.4. The van der Waals surface area contributed by atoms with Crippen LogP contribution in [0.2, 0.25) is 0 Å².